The van der Waals surface area contributed by atoms with E-state index in [2.05, 4.69) is 23.3 Å². The second-order valence-electron chi connectivity index (χ2n) is 7.19. The summed E-state index contributed by atoms with van der Waals surface area (Å²) in [6.45, 7) is 4.92. The third kappa shape index (κ3) is 2.97. The highest BCUT2D eigenvalue weighted by Crippen LogP contribution is 2.30. The summed E-state index contributed by atoms with van der Waals surface area (Å²) in [5.74, 6) is 1.05. The van der Waals surface area contributed by atoms with Gasteiger partial charge in [-0.2, -0.15) is 5.10 Å². The summed E-state index contributed by atoms with van der Waals surface area (Å²) in [5.41, 5.74) is 2.94. The molecule has 7 heteroatoms. The normalized spacial score (nSPS) is 24.2. The Labute approximate surface area is 148 Å². The Morgan fingerprint density at radius 2 is 2.16 bits per heavy atom. The molecule has 134 valence electrons. The van der Waals surface area contributed by atoms with E-state index in [1.165, 1.54) is 0 Å². The number of anilines is 1. The number of hydrogen-bond donors (Lipinski definition) is 1. The number of likely N-dealkylation sites (N-methyl/N-ethyl adjacent to an activating group) is 1. The van der Waals surface area contributed by atoms with E-state index in [1.807, 2.05) is 22.5 Å². The minimum Gasteiger partial charge on any atom is -0.355 e. The number of hydrogen-bond acceptors (Lipinski definition) is 5. The summed E-state index contributed by atoms with van der Waals surface area (Å²) >= 11 is 0. The van der Waals surface area contributed by atoms with E-state index >= 15 is 0 Å². The number of aryl methyl sites for hydroxylation is 1. The second kappa shape index (κ2) is 6.63. The molecule has 7 nitrogen and oxygen atoms in total. The number of carbonyl (C=O) groups is 1. The molecular formula is C18H26N6O. The van der Waals surface area contributed by atoms with Crippen LogP contribution in [-0.4, -0.2) is 58.6 Å². The van der Waals surface area contributed by atoms with Gasteiger partial charge in [0, 0.05) is 43.5 Å². The summed E-state index contributed by atoms with van der Waals surface area (Å²) in [7, 11) is 2.02. The van der Waals surface area contributed by atoms with Crippen LogP contribution >= 0.6 is 0 Å². The number of nitrogens with zero attached hydrogens (tertiary/aromatic N) is 5. The van der Waals surface area contributed by atoms with Crippen molar-refractivity contribution >= 4 is 17.9 Å². The number of aromatic nitrogens is 3. The monoisotopic (exact) mass is 342 g/mol. The van der Waals surface area contributed by atoms with Gasteiger partial charge in [-0.1, -0.05) is 0 Å². The Hall–Kier alpha value is -2.15. The van der Waals surface area contributed by atoms with Gasteiger partial charge >= 0.3 is 0 Å². The summed E-state index contributed by atoms with van der Waals surface area (Å²) in [5, 5.41) is 8.07. The Morgan fingerprint density at radius 3 is 2.92 bits per heavy atom. The molecular weight excluding hydrogens is 316 g/mol. The Kier molecular flexibility index (Phi) is 4.33. The van der Waals surface area contributed by atoms with Crippen LogP contribution in [0.3, 0.4) is 0 Å². The molecule has 0 aliphatic carbocycles. The van der Waals surface area contributed by atoms with E-state index in [9.17, 15) is 4.79 Å². The molecule has 0 aromatic carbocycles. The molecule has 0 spiro atoms. The standard InChI is InChI=1S/C18H26N6O/c1-13-10-24-17(20-18(13)22-8-6-14(11-22)19-2)9-15(21-24)16-5-3-4-7-23(16)12-25/h9-10,12,14,16,19H,3-8,11H2,1-2H3. The minimum absolute atomic E-state index is 0.0807. The number of likely N-dealkylation sites (tertiary alicyclic amines) is 1. The summed E-state index contributed by atoms with van der Waals surface area (Å²) < 4.78 is 1.86. The molecule has 2 atom stereocenters. The maximum atomic E-state index is 11.4. The lowest BCUT2D eigenvalue weighted by Crippen LogP contribution is -2.32. The molecule has 4 heterocycles. The zero-order chi connectivity index (χ0) is 17.4. The van der Waals surface area contributed by atoms with E-state index < -0.39 is 0 Å². The lowest BCUT2D eigenvalue weighted by atomic mass is 10.0. The average molecular weight is 342 g/mol. The van der Waals surface area contributed by atoms with Crippen molar-refractivity contribution in [3.63, 3.8) is 0 Å². The van der Waals surface area contributed by atoms with Crippen LogP contribution in [0.5, 0.6) is 0 Å². The van der Waals surface area contributed by atoms with Crippen molar-refractivity contribution in [1.82, 2.24) is 24.8 Å². The molecule has 2 fully saturated rings. The zero-order valence-corrected chi connectivity index (χ0v) is 15.0. The van der Waals surface area contributed by atoms with Crippen molar-refractivity contribution in [2.75, 3.05) is 31.6 Å². The molecule has 2 unspecified atom stereocenters. The van der Waals surface area contributed by atoms with Gasteiger partial charge in [0.05, 0.1) is 11.7 Å². The Bertz CT molecular complexity index is 772. The first-order valence-corrected chi connectivity index (χ1v) is 9.20. The van der Waals surface area contributed by atoms with Crippen molar-refractivity contribution in [1.29, 1.82) is 0 Å². The van der Waals surface area contributed by atoms with E-state index in [0.29, 0.717) is 6.04 Å². The van der Waals surface area contributed by atoms with Gasteiger partial charge in [-0.05, 0) is 39.7 Å². The first-order valence-electron chi connectivity index (χ1n) is 9.20. The van der Waals surface area contributed by atoms with Crippen molar-refractivity contribution in [2.45, 2.75) is 44.7 Å². The maximum absolute atomic E-state index is 11.4. The van der Waals surface area contributed by atoms with E-state index in [4.69, 9.17) is 10.1 Å². The number of fused-ring (bicyclic) bond motifs is 1. The molecule has 0 radical (unpaired) electrons. The molecule has 2 aliphatic rings. The first kappa shape index (κ1) is 16.3. The predicted molar refractivity (Wildman–Crippen MR) is 96.8 cm³/mol. The van der Waals surface area contributed by atoms with Crippen molar-refractivity contribution in [3.05, 3.63) is 23.5 Å². The van der Waals surface area contributed by atoms with Crippen molar-refractivity contribution in [2.24, 2.45) is 0 Å². The molecule has 2 aliphatic heterocycles. The van der Waals surface area contributed by atoms with Gasteiger partial charge in [0.2, 0.25) is 6.41 Å². The van der Waals surface area contributed by atoms with Gasteiger partial charge in [-0.15, -0.1) is 0 Å². The van der Waals surface area contributed by atoms with Gasteiger partial charge in [0.1, 0.15) is 5.82 Å². The molecule has 0 saturated carbocycles. The fourth-order valence-corrected chi connectivity index (χ4v) is 4.09. The third-order valence-electron chi connectivity index (χ3n) is 5.54. The minimum atomic E-state index is 0.0807. The third-order valence-corrected chi connectivity index (χ3v) is 5.54. The molecule has 2 aromatic rings. The molecule has 25 heavy (non-hydrogen) atoms. The average Bonchev–Trinajstić information content (AvgIpc) is 3.27. The van der Waals surface area contributed by atoms with Crippen molar-refractivity contribution < 1.29 is 4.79 Å². The lowest BCUT2D eigenvalue weighted by Gasteiger charge is -2.31. The van der Waals surface area contributed by atoms with Gasteiger partial charge in [-0.25, -0.2) is 9.50 Å². The molecule has 2 aromatic heterocycles. The summed E-state index contributed by atoms with van der Waals surface area (Å²) in [6, 6.07) is 2.65. The molecule has 1 amide bonds. The predicted octanol–water partition coefficient (Wildman–Crippen LogP) is 1.52. The second-order valence-corrected chi connectivity index (χ2v) is 7.19. The summed E-state index contributed by atoms with van der Waals surface area (Å²) in [6.07, 6.45) is 7.35. The topological polar surface area (TPSA) is 65.8 Å². The highest BCUT2D eigenvalue weighted by molar-refractivity contribution is 5.55. The number of piperidine rings is 1. The summed E-state index contributed by atoms with van der Waals surface area (Å²) in [4.78, 5) is 20.5. The fraction of sp³-hybridized carbons (Fsp3) is 0.611. The lowest BCUT2D eigenvalue weighted by molar-refractivity contribution is -0.121. The highest BCUT2D eigenvalue weighted by Gasteiger charge is 2.27. The number of rotatable bonds is 4. The van der Waals surface area contributed by atoms with Gasteiger partial charge in [0.25, 0.3) is 0 Å². The fourth-order valence-electron chi connectivity index (χ4n) is 4.09. The molecule has 4 rings (SSSR count). The molecule has 2 saturated heterocycles. The largest absolute Gasteiger partial charge is 0.355 e. The van der Waals surface area contributed by atoms with Crippen molar-refractivity contribution in [3.8, 4) is 0 Å². The quantitative estimate of drug-likeness (QED) is 0.854. The van der Waals surface area contributed by atoms with Crippen LogP contribution in [-0.2, 0) is 4.79 Å². The van der Waals surface area contributed by atoms with Crippen LogP contribution in [0.15, 0.2) is 12.3 Å². The first-order chi connectivity index (χ1) is 12.2. The number of nitrogens with one attached hydrogen (secondary N) is 1. The smallest absolute Gasteiger partial charge is 0.210 e. The van der Waals surface area contributed by atoms with Gasteiger partial charge in [-0.3, -0.25) is 4.79 Å². The van der Waals surface area contributed by atoms with Crippen LogP contribution in [0.1, 0.15) is 43.0 Å². The van der Waals surface area contributed by atoms with Crippen LogP contribution in [0, 0.1) is 6.92 Å². The van der Waals surface area contributed by atoms with Crippen LogP contribution in [0.25, 0.3) is 5.65 Å². The molecule has 0 bridgehead atoms. The van der Waals surface area contributed by atoms with E-state index in [0.717, 1.165) is 74.5 Å². The Balaban J connectivity index is 1.66. The van der Waals surface area contributed by atoms with E-state index in [-0.39, 0.29) is 6.04 Å². The van der Waals surface area contributed by atoms with Crippen LogP contribution < -0.4 is 10.2 Å². The highest BCUT2D eigenvalue weighted by atomic mass is 16.1. The van der Waals surface area contributed by atoms with Crippen LogP contribution in [0.4, 0.5) is 5.82 Å². The van der Waals surface area contributed by atoms with Gasteiger partial charge < -0.3 is 15.1 Å². The number of carbonyl (C=O) groups excluding carboxylic acids is 1. The molecule has 1 N–H and O–H groups in total. The van der Waals surface area contributed by atoms with E-state index in [1.54, 1.807) is 0 Å². The number of amides is 1. The zero-order valence-electron chi connectivity index (χ0n) is 15.0. The van der Waals surface area contributed by atoms with Gasteiger partial charge in [0.15, 0.2) is 5.65 Å². The maximum Gasteiger partial charge on any atom is 0.210 e. The Morgan fingerprint density at radius 1 is 1.28 bits per heavy atom. The SMILES string of the molecule is CNC1CCN(c2nc3cc(C4CCCCN4C=O)nn3cc2C)C1. The van der Waals surface area contributed by atoms with Crippen LogP contribution in [0.2, 0.25) is 0 Å².